The lowest BCUT2D eigenvalue weighted by Gasteiger charge is -2.44. The van der Waals surface area contributed by atoms with Crippen LogP contribution in [-0.2, 0) is 36.3 Å². The molecule has 4 atom stereocenters. The number of sulfone groups is 1. The number of hydrogen-bond donors (Lipinski definition) is 2. The molecule has 5 rings (SSSR count). The quantitative estimate of drug-likeness (QED) is 0.278. The van der Waals surface area contributed by atoms with Crippen molar-refractivity contribution in [3.63, 3.8) is 0 Å². The first-order chi connectivity index (χ1) is 19.3. The summed E-state index contributed by atoms with van der Waals surface area (Å²) in [6.07, 6.45) is -13.1. The number of halogens is 8. The number of nitrogens with one attached hydrogen (secondary N) is 1. The first-order valence-corrected chi connectivity index (χ1v) is 14.3. The summed E-state index contributed by atoms with van der Waals surface area (Å²) in [5.41, 5.74) is -9.94. The molecule has 2 N–H and O–H groups in total. The second-order valence-corrected chi connectivity index (χ2v) is 13.2. The molecule has 0 radical (unpaired) electrons. The molecule has 0 saturated heterocycles. The summed E-state index contributed by atoms with van der Waals surface area (Å²) in [5.74, 6) is -4.25. The Hall–Kier alpha value is -3.07. The molecule has 2 saturated carbocycles. The van der Waals surface area contributed by atoms with Crippen molar-refractivity contribution in [1.82, 2.24) is 5.32 Å². The number of benzene rings is 2. The van der Waals surface area contributed by atoms with Gasteiger partial charge in [0.25, 0.3) is 5.91 Å². The Balaban J connectivity index is 1.74. The predicted molar refractivity (Wildman–Crippen MR) is 129 cm³/mol. The van der Waals surface area contributed by atoms with E-state index in [1.165, 1.54) is 0 Å². The van der Waals surface area contributed by atoms with Gasteiger partial charge in [0.15, 0.2) is 9.84 Å². The molecule has 15 heteroatoms. The Morgan fingerprint density at radius 1 is 0.976 bits per heavy atom. The Bertz CT molecular complexity index is 1520. The summed E-state index contributed by atoms with van der Waals surface area (Å²) < 4.78 is 136. The molecule has 1 amide bonds. The summed E-state index contributed by atoms with van der Waals surface area (Å²) in [6, 6.07) is 3.56. The molecule has 0 spiro atoms. The lowest BCUT2D eigenvalue weighted by Crippen LogP contribution is -2.53. The van der Waals surface area contributed by atoms with Gasteiger partial charge >= 0.3 is 18.0 Å². The van der Waals surface area contributed by atoms with Gasteiger partial charge < -0.3 is 15.2 Å². The molecule has 3 aliphatic rings. The normalized spacial score (nSPS) is 27.1. The van der Waals surface area contributed by atoms with Gasteiger partial charge in [0.2, 0.25) is 0 Å². The van der Waals surface area contributed by atoms with Crippen LogP contribution < -0.4 is 5.32 Å². The SMILES string of the molecule is O=CC1C[C@@H](NC(=O)C2(O)CC2)[C@@H]2CCc3cc(C(F)(C(F)(F)F)C(F)(F)F)ccc3[C@@]12S(=O)(=O)c1ccc(F)cc1. The maximum absolute atomic E-state index is 14.9. The van der Waals surface area contributed by atoms with Crippen LogP contribution in [0.1, 0.15) is 42.4 Å². The second kappa shape index (κ2) is 9.46. The monoisotopic (exact) mass is 625 g/mol. The van der Waals surface area contributed by atoms with Gasteiger partial charge in [-0.25, -0.2) is 17.2 Å². The van der Waals surface area contributed by atoms with Gasteiger partial charge in [0.1, 0.15) is 22.5 Å². The molecule has 42 heavy (non-hydrogen) atoms. The highest BCUT2D eigenvalue weighted by atomic mass is 32.2. The average molecular weight is 626 g/mol. The molecular formula is C27H23F8NO5S. The topological polar surface area (TPSA) is 101 Å². The van der Waals surface area contributed by atoms with Gasteiger partial charge in [-0.2, -0.15) is 26.3 Å². The van der Waals surface area contributed by atoms with Crippen LogP contribution in [-0.4, -0.2) is 49.7 Å². The van der Waals surface area contributed by atoms with Gasteiger partial charge in [-0.3, -0.25) is 4.79 Å². The van der Waals surface area contributed by atoms with E-state index in [2.05, 4.69) is 5.32 Å². The number of rotatable bonds is 6. The van der Waals surface area contributed by atoms with Crippen molar-refractivity contribution in [2.75, 3.05) is 0 Å². The van der Waals surface area contributed by atoms with E-state index in [-0.39, 0.29) is 55.6 Å². The highest BCUT2D eigenvalue weighted by molar-refractivity contribution is 7.92. The lowest BCUT2D eigenvalue weighted by atomic mass is 9.71. The summed E-state index contributed by atoms with van der Waals surface area (Å²) in [7, 11) is -4.80. The molecule has 1 unspecified atom stereocenters. The molecule has 228 valence electrons. The maximum atomic E-state index is 14.9. The van der Waals surface area contributed by atoms with Crippen molar-refractivity contribution in [3.05, 3.63) is 65.0 Å². The fourth-order valence-electron chi connectivity index (χ4n) is 6.51. The molecule has 2 fully saturated rings. The largest absolute Gasteiger partial charge is 0.435 e. The number of carbonyl (C=O) groups excluding carboxylic acids is 2. The number of amides is 1. The van der Waals surface area contributed by atoms with Crippen LogP contribution in [0.15, 0.2) is 47.4 Å². The second-order valence-electron chi connectivity index (χ2n) is 11.0. The minimum Gasteiger partial charge on any atom is -0.380 e. The van der Waals surface area contributed by atoms with Gasteiger partial charge in [-0.1, -0.05) is 18.2 Å². The van der Waals surface area contributed by atoms with Crippen LogP contribution in [0.25, 0.3) is 0 Å². The van der Waals surface area contributed by atoms with E-state index in [1.807, 2.05) is 0 Å². The van der Waals surface area contributed by atoms with Crippen molar-refractivity contribution in [2.45, 2.75) is 71.4 Å². The van der Waals surface area contributed by atoms with Crippen LogP contribution in [0.4, 0.5) is 35.1 Å². The summed E-state index contributed by atoms with van der Waals surface area (Å²) in [5, 5.41) is 12.8. The van der Waals surface area contributed by atoms with Gasteiger partial charge in [0.05, 0.1) is 4.90 Å². The number of alkyl halides is 7. The van der Waals surface area contributed by atoms with Crippen molar-refractivity contribution in [3.8, 4) is 0 Å². The molecule has 0 aromatic heterocycles. The number of carbonyl (C=O) groups is 2. The fraction of sp³-hybridized carbons (Fsp3) is 0.481. The fourth-order valence-corrected chi connectivity index (χ4v) is 9.12. The van der Waals surface area contributed by atoms with Crippen LogP contribution in [0.3, 0.4) is 0 Å². The number of aliphatic hydroxyl groups is 1. The smallest absolute Gasteiger partial charge is 0.380 e. The van der Waals surface area contributed by atoms with Crippen molar-refractivity contribution in [2.24, 2.45) is 11.8 Å². The van der Waals surface area contributed by atoms with E-state index in [9.17, 15) is 58.2 Å². The number of aryl methyl sites for hydroxylation is 1. The molecule has 6 nitrogen and oxygen atoms in total. The van der Waals surface area contributed by atoms with E-state index in [1.54, 1.807) is 0 Å². The third kappa shape index (κ3) is 4.17. The van der Waals surface area contributed by atoms with Gasteiger partial charge in [-0.15, -0.1) is 0 Å². The first-order valence-electron chi connectivity index (χ1n) is 12.8. The van der Waals surface area contributed by atoms with Crippen LogP contribution in [0.2, 0.25) is 0 Å². The lowest BCUT2D eigenvalue weighted by molar-refractivity contribution is -0.348. The summed E-state index contributed by atoms with van der Waals surface area (Å²) >= 11 is 0. The summed E-state index contributed by atoms with van der Waals surface area (Å²) in [6.45, 7) is 0. The zero-order valence-corrected chi connectivity index (χ0v) is 22.2. The first kappa shape index (κ1) is 30.4. The third-order valence-corrected chi connectivity index (χ3v) is 11.3. The van der Waals surface area contributed by atoms with E-state index < -0.39 is 78.3 Å². The van der Waals surface area contributed by atoms with Gasteiger partial charge in [0, 0.05) is 23.4 Å². The molecular weight excluding hydrogens is 602 g/mol. The van der Waals surface area contributed by atoms with E-state index in [0.29, 0.717) is 12.1 Å². The predicted octanol–water partition coefficient (Wildman–Crippen LogP) is 4.58. The Kier molecular flexibility index (Phi) is 6.85. The highest BCUT2D eigenvalue weighted by Crippen LogP contribution is 2.61. The van der Waals surface area contributed by atoms with E-state index in [4.69, 9.17) is 0 Å². The molecule has 2 aromatic carbocycles. The Labute approximate surface area is 234 Å². The maximum Gasteiger partial charge on any atom is 0.435 e. The summed E-state index contributed by atoms with van der Waals surface area (Å²) in [4.78, 5) is 24.7. The van der Waals surface area contributed by atoms with Crippen molar-refractivity contribution >= 4 is 22.0 Å². The molecule has 3 aliphatic carbocycles. The zero-order valence-electron chi connectivity index (χ0n) is 21.4. The van der Waals surface area contributed by atoms with E-state index >= 15 is 0 Å². The van der Waals surface area contributed by atoms with Gasteiger partial charge in [-0.05, 0) is 67.5 Å². The average Bonchev–Trinajstić information content (AvgIpc) is 3.58. The number of aldehydes is 1. The third-order valence-electron chi connectivity index (χ3n) is 8.72. The van der Waals surface area contributed by atoms with Crippen molar-refractivity contribution < 1.29 is 58.2 Å². The standard InChI is InChI=1S/C27H23F8NO5S/c28-17-3-5-18(6-4-17)42(40,41)24-16(13-37)12-21(36-22(38)23(39)9-10-23)20(24)7-1-14-11-15(2-8-19(14)24)25(29,26(30,31)32)27(33,34)35/h2-6,8,11,13,16,20-21,39H,1,7,9-10,12H2,(H,36,38)/t16?,20-,21+,24-/m0/s1. The molecule has 0 heterocycles. The highest BCUT2D eigenvalue weighted by Gasteiger charge is 2.74. The molecule has 0 aliphatic heterocycles. The zero-order chi connectivity index (χ0) is 31.1. The van der Waals surface area contributed by atoms with E-state index in [0.717, 1.165) is 24.3 Å². The van der Waals surface area contributed by atoms with Crippen LogP contribution in [0.5, 0.6) is 0 Å². The van der Waals surface area contributed by atoms with Crippen molar-refractivity contribution in [1.29, 1.82) is 0 Å². The Morgan fingerprint density at radius 2 is 1.57 bits per heavy atom. The van der Waals surface area contributed by atoms with Crippen LogP contribution >= 0.6 is 0 Å². The Morgan fingerprint density at radius 3 is 2.10 bits per heavy atom. The number of hydrogen-bond acceptors (Lipinski definition) is 5. The minimum atomic E-state index is -6.41. The minimum absolute atomic E-state index is 0.140. The van der Waals surface area contributed by atoms with Crippen LogP contribution in [0, 0.1) is 17.7 Å². The molecule has 0 bridgehead atoms. The molecule has 2 aromatic rings. The number of fused-ring (bicyclic) bond motifs is 3.